The number of rotatable bonds is 6. The van der Waals surface area contributed by atoms with Gasteiger partial charge in [0.1, 0.15) is 12.5 Å². The monoisotopic (exact) mass is 697 g/mol. The summed E-state index contributed by atoms with van der Waals surface area (Å²) in [6.45, 7) is 10.0. The first kappa shape index (κ1) is 41.1. The number of carbonyl (C=O) groups excluding carboxylic acids is 3. The molecule has 3 rings (SSSR count). The summed E-state index contributed by atoms with van der Waals surface area (Å²) in [6.07, 6.45) is 6.65. The minimum atomic E-state index is -0.443. The zero-order valence-corrected chi connectivity index (χ0v) is 28.4. The van der Waals surface area contributed by atoms with Crippen LogP contribution >= 0.6 is 50.7 Å². The molecule has 0 saturated heterocycles. The quantitative estimate of drug-likeness (QED) is 0.242. The maximum atomic E-state index is 12.0. The number of aliphatic hydroxyl groups is 1. The predicted molar refractivity (Wildman–Crippen MR) is 174 cm³/mol. The van der Waals surface area contributed by atoms with Gasteiger partial charge in [-0.1, -0.05) is 89.9 Å². The second-order valence-electron chi connectivity index (χ2n) is 8.40. The van der Waals surface area contributed by atoms with Crippen LogP contribution in [0.25, 0.3) is 0 Å². The van der Waals surface area contributed by atoms with Crippen molar-refractivity contribution in [2.75, 3.05) is 19.5 Å². The third-order valence-electron chi connectivity index (χ3n) is 5.72. The number of urea groups is 1. The highest BCUT2D eigenvalue weighted by Gasteiger charge is 2.20. The van der Waals surface area contributed by atoms with Gasteiger partial charge in [-0.25, -0.2) is 4.79 Å². The summed E-state index contributed by atoms with van der Waals surface area (Å²) in [7, 11) is 2.57. The highest BCUT2D eigenvalue weighted by atomic mass is 79.9. The van der Waals surface area contributed by atoms with Crippen molar-refractivity contribution in [1.82, 2.24) is 10.6 Å². The number of anilines is 1. The molecular weight excluding hydrogens is 657 g/mol. The highest BCUT2D eigenvalue weighted by molar-refractivity contribution is 9.10. The van der Waals surface area contributed by atoms with Gasteiger partial charge in [-0.2, -0.15) is 0 Å². The maximum absolute atomic E-state index is 12.0. The van der Waals surface area contributed by atoms with E-state index in [0.717, 1.165) is 23.1 Å². The van der Waals surface area contributed by atoms with E-state index < -0.39 is 6.03 Å². The molecule has 1 aliphatic carbocycles. The van der Waals surface area contributed by atoms with Gasteiger partial charge < -0.3 is 30.6 Å². The molecule has 0 radical (unpaired) electrons. The fourth-order valence-electron chi connectivity index (χ4n) is 3.93. The van der Waals surface area contributed by atoms with Gasteiger partial charge in [-0.15, -0.1) is 0 Å². The molecule has 0 spiro atoms. The minimum Gasteiger partial charge on any atom is -0.496 e. The van der Waals surface area contributed by atoms with Crippen LogP contribution in [0.3, 0.4) is 0 Å². The van der Waals surface area contributed by atoms with Crippen molar-refractivity contribution in [2.45, 2.75) is 72.4 Å². The third kappa shape index (κ3) is 16.9. The van der Waals surface area contributed by atoms with Crippen LogP contribution in [0.15, 0.2) is 34.8 Å². The molecule has 41 heavy (non-hydrogen) atoms. The van der Waals surface area contributed by atoms with E-state index in [1.54, 1.807) is 14.0 Å². The van der Waals surface area contributed by atoms with Crippen LogP contribution < -0.4 is 20.7 Å². The van der Waals surface area contributed by atoms with Gasteiger partial charge in [0.2, 0.25) is 5.91 Å². The van der Waals surface area contributed by atoms with Crippen molar-refractivity contribution in [1.29, 1.82) is 0 Å². The molecule has 2 aromatic carbocycles. The second kappa shape index (κ2) is 24.5. The molecule has 0 bridgehead atoms. The van der Waals surface area contributed by atoms with Crippen LogP contribution in [0.4, 0.5) is 10.5 Å². The topological polar surface area (TPSA) is 117 Å². The van der Waals surface area contributed by atoms with Crippen LogP contribution in [-0.4, -0.2) is 44.1 Å². The Hall–Kier alpha value is -2.04. The first-order valence-electron chi connectivity index (χ1n) is 13.1. The van der Waals surface area contributed by atoms with E-state index >= 15 is 0 Å². The fourth-order valence-corrected chi connectivity index (χ4v) is 5.18. The first-order chi connectivity index (χ1) is 19.6. The van der Waals surface area contributed by atoms with Crippen molar-refractivity contribution in [3.8, 4) is 5.75 Å². The number of nitrogens with one attached hydrogen (secondary N) is 3. The van der Waals surface area contributed by atoms with Crippen LogP contribution in [0.2, 0.25) is 15.1 Å². The van der Waals surface area contributed by atoms with Crippen LogP contribution in [0, 0.1) is 5.92 Å². The molecule has 3 amide bonds. The summed E-state index contributed by atoms with van der Waals surface area (Å²) in [4.78, 5) is 30.8. The fraction of sp³-hybridized carbons (Fsp3) is 0.483. The number of carbonyl (C=O) groups is 3. The third-order valence-corrected chi connectivity index (χ3v) is 7.03. The Morgan fingerprint density at radius 3 is 2.07 bits per heavy atom. The Labute approximate surface area is 268 Å². The van der Waals surface area contributed by atoms with Crippen molar-refractivity contribution in [3.63, 3.8) is 0 Å². The summed E-state index contributed by atoms with van der Waals surface area (Å²) in [6, 6.07) is 8.48. The number of benzene rings is 2. The number of methoxy groups -OCH3 is 1. The number of hydrogen-bond donors (Lipinski definition) is 4. The molecule has 0 aromatic heterocycles. The summed E-state index contributed by atoms with van der Waals surface area (Å²) in [5, 5.41) is 16.2. The molecular formula is C29H43BrCl3N3O5. The lowest BCUT2D eigenvalue weighted by atomic mass is 9.84. The maximum Gasteiger partial charge on any atom is 0.319 e. The van der Waals surface area contributed by atoms with Crippen molar-refractivity contribution in [2.24, 2.45) is 5.92 Å². The molecule has 1 aliphatic rings. The molecule has 232 valence electrons. The number of aliphatic hydroxyl groups excluding tert-OH is 1. The zero-order chi connectivity index (χ0) is 32.0. The molecule has 1 atom stereocenters. The average Bonchev–Trinajstić information content (AvgIpc) is 2.98. The van der Waals surface area contributed by atoms with Gasteiger partial charge in [0.25, 0.3) is 0 Å². The molecule has 1 fully saturated rings. The van der Waals surface area contributed by atoms with Gasteiger partial charge in [0.15, 0.2) is 0 Å². The standard InChI is InChI=1S/C15H12BrCl3N2O2.C10H19NO.C2H6.CH4O.CH2O/c1-23-13-4-9(16)3-2-8(13)7-20-15(22)21-14-11(18)5-10(17)6-12(14)19;1-8(11-9(2)12)10-6-4-3-5-7-10;3*1-2/h2-6H,7H2,1H3,(H2,20,21,22);8,10H,3-7H2,1-2H3,(H,11,12);1-2H3;2H,1H3;1H2. The summed E-state index contributed by atoms with van der Waals surface area (Å²) in [5.74, 6) is 1.50. The molecule has 4 N–H and O–H groups in total. The van der Waals surface area contributed by atoms with E-state index in [1.165, 1.54) is 44.2 Å². The average molecular weight is 700 g/mol. The number of ether oxygens (including phenoxy) is 1. The van der Waals surface area contributed by atoms with E-state index in [4.69, 9.17) is 49.4 Å². The van der Waals surface area contributed by atoms with Gasteiger partial charge in [-0.3, -0.25) is 4.79 Å². The van der Waals surface area contributed by atoms with Crippen molar-refractivity contribution < 1.29 is 24.2 Å². The molecule has 8 nitrogen and oxygen atoms in total. The van der Waals surface area contributed by atoms with Gasteiger partial charge >= 0.3 is 6.03 Å². The molecule has 2 aromatic rings. The van der Waals surface area contributed by atoms with E-state index in [0.29, 0.717) is 22.5 Å². The van der Waals surface area contributed by atoms with Crippen molar-refractivity contribution >= 4 is 75.1 Å². The van der Waals surface area contributed by atoms with E-state index in [2.05, 4.69) is 38.8 Å². The normalized spacial score (nSPS) is 12.6. The Kier molecular flexibility index (Phi) is 24.6. The highest BCUT2D eigenvalue weighted by Crippen LogP contribution is 2.33. The van der Waals surface area contributed by atoms with E-state index in [1.807, 2.05) is 38.8 Å². The summed E-state index contributed by atoms with van der Waals surface area (Å²) < 4.78 is 6.16. The van der Waals surface area contributed by atoms with Gasteiger partial charge in [0.05, 0.1) is 22.8 Å². The van der Waals surface area contributed by atoms with Crippen LogP contribution in [0.5, 0.6) is 5.75 Å². The van der Waals surface area contributed by atoms with Crippen molar-refractivity contribution in [3.05, 3.63) is 55.4 Å². The lowest BCUT2D eigenvalue weighted by Crippen LogP contribution is -2.37. The largest absolute Gasteiger partial charge is 0.496 e. The first-order valence-corrected chi connectivity index (χ1v) is 15.1. The zero-order valence-electron chi connectivity index (χ0n) is 24.6. The van der Waals surface area contributed by atoms with E-state index in [9.17, 15) is 9.59 Å². The predicted octanol–water partition coefficient (Wildman–Crippen LogP) is 8.28. The van der Waals surface area contributed by atoms with Gasteiger partial charge in [0, 0.05) is 41.7 Å². The second-order valence-corrected chi connectivity index (χ2v) is 10.6. The number of hydrogen-bond acceptors (Lipinski definition) is 5. The Morgan fingerprint density at radius 1 is 1.05 bits per heavy atom. The molecule has 1 unspecified atom stereocenters. The van der Waals surface area contributed by atoms with Crippen LogP contribution in [-0.2, 0) is 16.1 Å². The molecule has 0 aliphatic heterocycles. The molecule has 0 heterocycles. The molecule has 1 saturated carbocycles. The smallest absolute Gasteiger partial charge is 0.319 e. The summed E-state index contributed by atoms with van der Waals surface area (Å²) in [5.41, 5.74) is 1.14. The number of amides is 3. The Balaban J connectivity index is 0. The van der Waals surface area contributed by atoms with Gasteiger partial charge in [-0.05, 0) is 49.9 Å². The SMILES string of the molecule is C=O.CC.CC(=O)NC(C)C1CCCCC1.CO.COc1cc(Br)ccc1CNC(=O)Nc1c(Cl)cc(Cl)cc1Cl. The van der Waals surface area contributed by atoms with Crippen LogP contribution in [0.1, 0.15) is 65.4 Å². The Morgan fingerprint density at radius 2 is 1.59 bits per heavy atom. The number of halogens is 4. The van der Waals surface area contributed by atoms with E-state index in [-0.39, 0.29) is 22.5 Å². The minimum absolute atomic E-state index is 0.105. The summed E-state index contributed by atoms with van der Waals surface area (Å²) >= 11 is 21.2. The Bertz CT molecular complexity index is 1020. The molecule has 12 heteroatoms. The lowest BCUT2D eigenvalue weighted by Gasteiger charge is -2.27. The lowest BCUT2D eigenvalue weighted by molar-refractivity contribution is -0.120.